The summed E-state index contributed by atoms with van der Waals surface area (Å²) in [4.78, 5) is 0. The van der Waals surface area contributed by atoms with Crippen LogP contribution < -0.4 is 0 Å². The van der Waals surface area contributed by atoms with Gasteiger partial charge in [0.25, 0.3) is 0 Å². The van der Waals surface area contributed by atoms with Gasteiger partial charge in [0.15, 0.2) is 0 Å². The Kier molecular flexibility index (Phi) is 2.86. The zero-order valence-electron chi connectivity index (χ0n) is 10.2. The fourth-order valence-corrected chi connectivity index (χ4v) is 2.51. The highest BCUT2D eigenvalue weighted by atomic mass is 14.4. The highest BCUT2D eigenvalue weighted by Gasteiger charge is 2.33. The molecule has 0 spiro atoms. The van der Waals surface area contributed by atoms with Gasteiger partial charge >= 0.3 is 0 Å². The van der Waals surface area contributed by atoms with Crippen molar-refractivity contribution in [3.8, 4) is 0 Å². The zero-order valence-corrected chi connectivity index (χ0v) is 10.2. The van der Waals surface area contributed by atoms with Gasteiger partial charge in [-0.05, 0) is 41.7 Å². The van der Waals surface area contributed by atoms with Gasteiger partial charge in [0.05, 0.1) is 0 Å². The van der Waals surface area contributed by atoms with Crippen molar-refractivity contribution in [1.82, 2.24) is 0 Å². The Morgan fingerprint density at radius 3 is 2.13 bits per heavy atom. The first-order valence-electron chi connectivity index (χ1n) is 6.19. The number of hydrogen-bond acceptors (Lipinski definition) is 0. The Bertz CT molecular complexity index is 314. The lowest BCUT2D eigenvalue weighted by molar-refractivity contribution is 0.272. The van der Waals surface area contributed by atoms with Gasteiger partial charge in [0, 0.05) is 0 Å². The van der Waals surface area contributed by atoms with Crippen LogP contribution in [-0.4, -0.2) is 0 Å². The molecule has 0 saturated heterocycles. The summed E-state index contributed by atoms with van der Waals surface area (Å²) in [6, 6.07) is 9.32. The summed E-state index contributed by atoms with van der Waals surface area (Å²) < 4.78 is 0. The zero-order chi connectivity index (χ0) is 10.9. The van der Waals surface area contributed by atoms with E-state index >= 15 is 0 Å². The normalized spacial score (nSPS) is 18.9. The Morgan fingerprint density at radius 1 is 1.13 bits per heavy atom. The van der Waals surface area contributed by atoms with E-state index in [0.29, 0.717) is 5.41 Å². The maximum Gasteiger partial charge on any atom is -0.00752 e. The van der Waals surface area contributed by atoms with Crippen LogP contribution in [0, 0.1) is 5.92 Å². The Hall–Kier alpha value is -0.780. The lowest BCUT2D eigenvalue weighted by atomic mass is 9.66. The van der Waals surface area contributed by atoms with Gasteiger partial charge in [0.1, 0.15) is 0 Å². The SMILES string of the molecule is CC(C)Cc1ccc(C2(C)CCC2)cc1. The summed E-state index contributed by atoms with van der Waals surface area (Å²) in [5, 5.41) is 0. The predicted octanol–water partition coefficient (Wildman–Crippen LogP) is 4.33. The third-order valence-corrected chi connectivity index (χ3v) is 3.75. The lowest BCUT2D eigenvalue weighted by Crippen LogP contribution is -2.30. The average molecular weight is 202 g/mol. The van der Waals surface area contributed by atoms with Crippen molar-refractivity contribution in [2.24, 2.45) is 5.92 Å². The van der Waals surface area contributed by atoms with E-state index in [-0.39, 0.29) is 0 Å². The van der Waals surface area contributed by atoms with Crippen LogP contribution in [0.15, 0.2) is 24.3 Å². The second-order valence-corrected chi connectivity index (χ2v) is 5.71. The van der Waals surface area contributed by atoms with Crippen molar-refractivity contribution >= 4 is 0 Å². The number of benzene rings is 1. The van der Waals surface area contributed by atoms with Gasteiger partial charge in [-0.3, -0.25) is 0 Å². The van der Waals surface area contributed by atoms with Crippen LogP contribution in [0.4, 0.5) is 0 Å². The molecular weight excluding hydrogens is 180 g/mol. The first-order valence-corrected chi connectivity index (χ1v) is 6.19. The molecule has 0 atom stereocenters. The Labute approximate surface area is 93.7 Å². The van der Waals surface area contributed by atoms with Gasteiger partial charge in [-0.2, -0.15) is 0 Å². The summed E-state index contributed by atoms with van der Waals surface area (Å²) in [6.45, 7) is 6.95. The van der Waals surface area contributed by atoms with Crippen LogP contribution in [0.3, 0.4) is 0 Å². The number of rotatable bonds is 3. The third kappa shape index (κ3) is 2.25. The molecule has 0 aliphatic heterocycles. The van der Waals surface area contributed by atoms with Crippen molar-refractivity contribution in [3.05, 3.63) is 35.4 Å². The molecule has 1 aromatic carbocycles. The standard InChI is InChI=1S/C15H22/c1-12(2)11-13-5-7-14(8-6-13)15(3)9-4-10-15/h5-8,12H,4,9-11H2,1-3H3. The molecule has 0 unspecified atom stereocenters. The second-order valence-electron chi connectivity index (χ2n) is 5.71. The van der Waals surface area contributed by atoms with E-state index in [0.717, 1.165) is 5.92 Å². The minimum atomic E-state index is 0.496. The molecule has 1 fully saturated rings. The van der Waals surface area contributed by atoms with Gasteiger partial charge in [-0.1, -0.05) is 51.5 Å². The summed E-state index contributed by atoms with van der Waals surface area (Å²) >= 11 is 0. The quantitative estimate of drug-likeness (QED) is 0.684. The molecule has 82 valence electrons. The van der Waals surface area contributed by atoms with E-state index in [1.54, 1.807) is 5.56 Å². The molecule has 0 radical (unpaired) electrons. The topological polar surface area (TPSA) is 0 Å². The van der Waals surface area contributed by atoms with Crippen LogP contribution in [0.2, 0.25) is 0 Å². The molecule has 15 heavy (non-hydrogen) atoms. The second kappa shape index (κ2) is 4.00. The first-order chi connectivity index (χ1) is 7.10. The average Bonchev–Trinajstić information content (AvgIpc) is 2.14. The van der Waals surface area contributed by atoms with E-state index in [4.69, 9.17) is 0 Å². The van der Waals surface area contributed by atoms with Gasteiger partial charge in [-0.15, -0.1) is 0 Å². The van der Waals surface area contributed by atoms with Crippen LogP contribution in [0.5, 0.6) is 0 Å². The van der Waals surface area contributed by atoms with Crippen LogP contribution in [0.1, 0.15) is 51.2 Å². The fourth-order valence-electron chi connectivity index (χ4n) is 2.51. The fraction of sp³-hybridized carbons (Fsp3) is 0.600. The summed E-state index contributed by atoms with van der Waals surface area (Å²) in [5.41, 5.74) is 3.52. The molecule has 0 heteroatoms. The molecule has 0 bridgehead atoms. The van der Waals surface area contributed by atoms with Crippen molar-refractivity contribution in [2.45, 2.75) is 51.9 Å². The highest BCUT2D eigenvalue weighted by molar-refractivity contribution is 5.30. The van der Waals surface area contributed by atoms with Gasteiger partial charge in [-0.25, -0.2) is 0 Å². The van der Waals surface area contributed by atoms with E-state index in [1.807, 2.05) is 0 Å². The van der Waals surface area contributed by atoms with Crippen LogP contribution in [0.25, 0.3) is 0 Å². The minimum Gasteiger partial charge on any atom is -0.0625 e. The first kappa shape index (κ1) is 10.7. The van der Waals surface area contributed by atoms with E-state index in [9.17, 15) is 0 Å². The minimum absolute atomic E-state index is 0.496. The third-order valence-electron chi connectivity index (χ3n) is 3.75. The van der Waals surface area contributed by atoms with E-state index in [1.165, 1.54) is 31.2 Å². The van der Waals surface area contributed by atoms with Crippen molar-refractivity contribution < 1.29 is 0 Å². The van der Waals surface area contributed by atoms with E-state index in [2.05, 4.69) is 45.0 Å². The molecule has 2 rings (SSSR count). The Morgan fingerprint density at radius 2 is 1.73 bits per heavy atom. The molecular formula is C15H22. The van der Waals surface area contributed by atoms with Crippen molar-refractivity contribution in [1.29, 1.82) is 0 Å². The maximum absolute atomic E-state index is 2.40. The molecule has 0 aromatic heterocycles. The highest BCUT2D eigenvalue weighted by Crippen LogP contribution is 2.43. The van der Waals surface area contributed by atoms with Crippen LogP contribution in [-0.2, 0) is 11.8 Å². The van der Waals surface area contributed by atoms with Crippen molar-refractivity contribution in [2.75, 3.05) is 0 Å². The molecule has 1 aliphatic carbocycles. The van der Waals surface area contributed by atoms with Gasteiger partial charge < -0.3 is 0 Å². The smallest absolute Gasteiger partial charge is 0.00752 e. The lowest BCUT2D eigenvalue weighted by Gasteiger charge is -2.39. The monoisotopic (exact) mass is 202 g/mol. The molecule has 1 saturated carbocycles. The van der Waals surface area contributed by atoms with E-state index < -0.39 is 0 Å². The Balaban J connectivity index is 2.10. The molecule has 0 amide bonds. The largest absolute Gasteiger partial charge is 0.0625 e. The predicted molar refractivity (Wildman–Crippen MR) is 66.2 cm³/mol. The summed E-state index contributed by atoms with van der Waals surface area (Å²) in [6.07, 6.45) is 5.36. The number of hydrogen-bond donors (Lipinski definition) is 0. The summed E-state index contributed by atoms with van der Waals surface area (Å²) in [7, 11) is 0. The molecule has 0 heterocycles. The summed E-state index contributed by atoms with van der Waals surface area (Å²) in [5.74, 6) is 0.759. The molecule has 1 aromatic rings. The molecule has 0 N–H and O–H groups in total. The van der Waals surface area contributed by atoms with Crippen LogP contribution >= 0.6 is 0 Å². The maximum atomic E-state index is 2.40. The molecule has 0 nitrogen and oxygen atoms in total. The molecule has 1 aliphatic rings. The van der Waals surface area contributed by atoms with Crippen molar-refractivity contribution in [3.63, 3.8) is 0 Å². The van der Waals surface area contributed by atoms with Gasteiger partial charge in [0.2, 0.25) is 0 Å².